The van der Waals surface area contributed by atoms with Gasteiger partial charge >= 0.3 is 0 Å². The lowest BCUT2D eigenvalue weighted by atomic mass is 9.92. The Kier molecular flexibility index (Phi) is 3.89. The molecule has 0 aliphatic rings. The highest BCUT2D eigenvalue weighted by molar-refractivity contribution is 5.84. The minimum Gasteiger partial charge on any atom is -0.368 e. The second-order valence-electron chi connectivity index (χ2n) is 6.65. The molecule has 2 rings (SSSR count). The minimum atomic E-state index is -0.461. The number of rotatable bonds is 4. The van der Waals surface area contributed by atoms with Crippen LogP contribution in [0.3, 0.4) is 0 Å². The summed E-state index contributed by atoms with van der Waals surface area (Å²) in [7, 11) is 0. The van der Waals surface area contributed by atoms with Crippen molar-refractivity contribution in [2.45, 2.75) is 46.1 Å². The molecule has 0 aromatic carbocycles. The van der Waals surface area contributed by atoms with E-state index >= 15 is 0 Å². The normalized spacial score (nSPS) is 13.6. The van der Waals surface area contributed by atoms with Crippen LogP contribution < -0.4 is 11.1 Å². The minimum absolute atomic E-state index is 0.0512. The lowest BCUT2D eigenvalue weighted by Crippen LogP contribution is -2.39. The number of nitrogens with two attached hydrogens (primary N) is 1. The Bertz CT molecular complexity index is 654. The van der Waals surface area contributed by atoms with Crippen LogP contribution in [0, 0.1) is 5.92 Å². The first kappa shape index (κ1) is 15.3. The van der Waals surface area contributed by atoms with E-state index in [2.05, 4.69) is 36.2 Å². The number of primary amides is 1. The molecule has 21 heavy (non-hydrogen) atoms. The van der Waals surface area contributed by atoms with Crippen LogP contribution >= 0.6 is 0 Å². The number of nitrogens with one attached hydrogen (secondary N) is 1. The third-order valence-corrected chi connectivity index (χ3v) is 3.42. The van der Waals surface area contributed by atoms with E-state index in [9.17, 15) is 4.79 Å². The SMILES string of the molecule is CC(C)C(Nc1nccn2nc(C(C)(C)C)cc12)C(N)=O. The van der Waals surface area contributed by atoms with Crippen LogP contribution in [0.4, 0.5) is 5.82 Å². The summed E-state index contributed by atoms with van der Waals surface area (Å²) in [5.74, 6) is 0.317. The van der Waals surface area contributed by atoms with Crippen LogP contribution in [0.5, 0.6) is 0 Å². The number of amides is 1. The number of carbonyl (C=O) groups excluding carboxylic acids is 1. The summed E-state index contributed by atoms with van der Waals surface area (Å²) in [6, 6.07) is 1.53. The molecule has 0 fully saturated rings. The van der Waals surface area contributed by atoms with Crippen molar-refractivity contribution in [2.24, 2.45) is 11.7 Å². The summed E-state index contributed by atoms with van der Waals surface area (Å²) in [6.45, 7) is 10.2. The number of nitrogens with zero attached hydrogens (tertiary/aromatic N) is 3. The fourth-order valence-electron chi connectivity index (χ4n) is 2.11. The Morgan fingerprint density at radius 3 is 2.57 bits per heavy atom. The molecule has 1 amide bonds. The smallest absolute Gasteiger partial charge is 0.240 e. The van der Waals surface area contributed by atoms with Crippen LogP contribution in [0.2, 0.25) is 0 Å². The third-order valence-electron chi connectivity index (χ3n) is 3.42. The van der Waals surface area contributed by atoms with E-state index in [1.165, 1.54) is 0 Å². The van der Waals surface area contributed by atoms with Crippen molar-refractivity contribution in [1.82, 2.24) is 14.6 Å². The predicted molar refractivity (Wildman–Crippen MR) is 83.1 cm³/mol. The molecule has 3 N–H and O–H groups in total. The summed E-state index contributed by atoms with van der Waals surface area (Å²) in [4.78, 5) is 15.9. The van der Waals surface area contributed by atoms with Gasteiger partial charge in [0.2, 0.25) is 5.91 Å². The summed E-state index contributed by atoms with van der Waals surface area (Å²) in [5, 5.41) is 7.70. The van der Waals surface area contributed by atoms with Crippen molar-refractivity contribution in [3.05, 3.63) is 24.2 Å². The molecule has 6 nitrogen and oxygen atoms in total. The van der Waals surface area contributed by atoms with Gasteiger partial charge in [-0.15, -0.1) is 0 Å². The number of hydrogen-bond acceptors (Lipinski definition) is 4. The average molecular weight is 289 g/mol. The number of hydrogen-bond donors (Lipinski definition) is 2. The molecule has 1 atom stereocenters. The molecule has 114 valence electrons. The second-order valence-corrected chi connectivity index (χ2v) is 6.65. The van der Waals surface area contributed by atoms with Crippen molar-refractivity contribution >= 4 is 17.2 Å². The van der Waals surface area contributed by atoms with E-state index in [0.717, 1.165) is 11.2 Å². The molecule has 0 aliphatic heterocycles. The molecule has 6 heteroatoms. The monoisotopic (exact) mass is 289 g/mol. The van der Waals surface area contributed by atoms with Crippen LogP contribution in [-0.2, 0) is 10.2 Å². The fraction of sp³-hybridized carbons (Fsp3) is 0.533. The van der Waals surface area contributed by atoms with Crippen molar-refractivity contribution in [2.75, 3.05) is 5.32 Å². The number of anilines is 1. The Hall–Kier alpha value is -2.11. The van der Waals surface area contributed by atoms with Gasteiger partial charge in [0.1, 0.15) is 11.6 Å². The Labute approximate surface area is 124 Å². The summed E-state index contributed by atoms with van der Waals surface area (Å²) in [6.07, 6.45) is 3.46. The Morgan fingerprint density at radius 2 is 2.05 bits per heavy atom. The molecule has 2 aromatic rings. The first-order valence-corrected chi connectivity index (χ1v) is 7.11. The van der Waals surface area contributed by atoms with E-state index < -0.39 is 6.04 Å². The maximum absolute atomic E-state index is 11.6. The molecule has 0 saturated carbocycles. The highest BCUT2D eigenvalue weighted by Gasteiger charge is 2.23. The van der Waals surface area contributed by atoms with Gasteiger partial charge in [0, 0.05) is 17.8 Å². The van der Waals surface area contributed by atoms with Crippen molar-refractivity contribution in [3.8, 4) is 0 Å². The lowest BCUT2D eigenvalue weighted by molar-refractivity contribution is -0.119. The molecule has 1 unspecified atom stereocenters. The van der Waals surface area contributed by atoms with Gasteiger partial charge in [-0.05, 0) is 12.0 Å². The van der Waals surface area contributed by atoms with Crippen LogP contribution in [0.25, 0.3) is 5.52 Å². The van der Waals surface area contributed by atoms with Crippen LogP contribution in [0.1, 0.15) is 40.3 Å². The molecular weight excluding hydrogens is 266 g/mol. The first-order chi connectivity index (χ1) is 9.70. The van der Waals surface area contributed by atoms with E-state index in [1.54, 1.807) is 16.9 Å². The van der Waals surface area contributed by atoms with Crippen molar-refractivity contribution in [1.29, 1.82) is 0 Å². The largest absolute Gasteiger partial charge is 0.368 e. The maximum atomic E-state index is 11.6. The fourth-order valence-corrected chi connectivity index (χ4v) is 2.11. The Balaban J connectivity index is 2.45. The van der Waals surface area contributed by atoms with E-state index in [4.69, 9.17) is 5.73 Å². The zero-order chi connectivity index (χ0) is 15.8. The van der Waals surface area contributed by atoms with Crippen LogP contribution in [-0.4, -0.2) is 26.5 Å². The summed E-state index contributed by atoms with van der Waals surface area (Å²) >= 11 is 0. The van der Waals surface area contributed by atoms with E-state index in [-0.39, 0.29) is 17.2 Å². The second kappa shape index (κ2) is 5.35. The molecular formula is C15H23N5O. The maximum Gasteiger partial charge on any atom is 0.240 e. The summed E-state index contributed by atoms with van der Waals surface area (Å²) < 4.78 is 1.77. The highest BCUT2D eigenvalue weighted by Crippen LogP contribution is 2.25. The van der Waals surface area contributed by atoms with Gasteiger partial charge in [-0.25, -0.2) is 9.50 Å². The lowest BCUT2D eigenvalue weighted by Gasteiger charge is -2.19. The molecule has 0 saturated heterocycles. The molecule has 0 spiro atoms. The summed E-state index contributed by atoms with van der Waals surface area (Å²) in [5.41, 5.74) is 7.21. The van der Waals surface area contributed by atoms with E-state index in [1.807, 2.05) is 19.9 Å². The number of carbonyl (C=O) groups is 1. The van der Waals surface area contributed by atoms with Gasteiger partial charge in [-0.2, -0.15) is 5.10 Å². The first-order valence-electron chi connectivity index (χ1n) is 7.11. The quantitative estimate of drug-likeness (QED) is 0.901. The predicted octanol–water partition coefficient (Wildman–Crippen LogP) is 1.95. The zero-order valence-corrected chi connectivity index (χ0v) is 13.2. The van der Waals surface area contributed by atoms with Gasteiger partial charge < -0.3 is 11.1 Å². The van der Waals surface area contributed by atoms with Crippen molar-refractivity contribution < 1.29 is 4.79 Å². The Morgan fingerprint density at radius 1 is 1.38 bits per heavy atom. The molecule has 0 bridgehead atoms. The average Bonchev–Trinajstić information content (AvgIpc) is 2.79. The standard InChI is InChI=1S/C15H23N5O/c1-9(2)12(13(16)21)18-14-10-8-11(15(3,4)5)19-20(10)7-6-17-14/h6-9,12H,1-5H3,(H2,16,21)(H,17,18). The zero-order valence-electron chi connectivity index (χ0n) is 13.2. The number of aromatic nitrogens is 3. The highest BCUT2D eigenvalue weighted by atomic mass is 16.1. The van der Waals surface area contributed by atoms with Crippen molar-refractivity contribution in [3.63, 3.8) is 0 Å². The van der Waals surface area contributed by atoms with Gasteiger partial charge in [-0.1, -0.05) is 34.6 Å². The third kappa shape index (κ3) is 3.15. The number of fused-ring (bicyclic) bond motifs is 1. The molecule has 0 aliphatic carbocycles. The van der Waals surface area contributed by atoms with Crippen LogP contribution in [0.15, 0.2) is 18.5 Å². The topological polar surface area (TPSA) is 85.3 Å². The van der Waals surface area contributed by atoms with E-state index in [0.29, 0.717) is 5.82 Å². The molecule has 0 radical (unpaired) electrons. The van der Waals surface area contributed by atoms with Gasteiger partial charge in [-0.3, -0.25) is 4.79 Å². The molecule has 2 aromatic heterocycles. The van der Waals surface area contributed by atoms with Gasteiger partial charge in [0.15, 0.2) is 5.82 Å². The van der Waals surface area contributed by atoms with Gasteiger partial charge in [0.25, 0.3) is 0 Å². The van der Waals surface area contributed by atoms with Gasteiger partial charge in [0.05, 0.1) is 5.69 Å². The molecule has 2 heterocycles.